The number of benzene rings is 1. The molecule has 0 aliphatic carbocycles. The Morgan fingerprint density at radius 2 is 1.84 bits per heavy atom. The highest BCUT2D eigenvalue weighted by atomic mass is 19.4. The predicted molar refractivity (Wildman–Crippen MR) is 87.5 cm³/mol. The molecule has 3 rings (SSSR count). The normalized spacial score (nSPS) is 15.5. The zero-order valence-electron chi connectivity index (χ0n) is 13.8. The van der Waals surface area contributed by atoms with Crippen molar-refractivity contribution in [2.75, 3.05) is 31.1 Å². The van der Waals surface area contributed by atoms with E-state index in [4.69, 9.17) is 0 Å². The van der Waals surface area contributed by atoms with Gasteiger partial charge in [0.1, 0.15) is 0 Å². The third kappa shape index (κ3) is 3.47. The van der Waals surface area contributed by atoms with Gasteiger partial charge in [-0.05, 0) is 19.1 Å². The Hall–Kier alpha value is -2.51. The average Bonchev–Trinajstić information content (AvgIpc) is 3.09. The minimum absolute atomic E-state index is 0.293. The molecule has 1 aromatic heterocycles. The molecule has 0 spiro atoms. The van der Waals surface area contributed by atoms with Crippen molar-refractivity contribution in [3.8, 4) is 0 Å². The lowest BCUT2D eigenvalue weighted by Gasteiger charge is -2.35. The number of halogens is 3. The number of aryl methyl sites for hydroxylation is 1. The number of aromatic nitrogens is 2. The monoisotopic (exact) mass is 352 g/mol. The molecule has 0 bridgehead atoms. The molecule has 0 radical (unpaired) electrons. The summed E-state index contributed by atoms with van der Waals surface area (Å²) in [6.45, 7) is 4.60. The van der Waals surface area contributed by atoms with Gasteiger partial charge in [0.15, 0.2) is 0 Å². The van der Waals surface area contributed by atoms with E-state index in [2.05, 4.69) is 4.98 Å². The van der Waals surface area contributed by atoms with Crippen molar-refractivity contribution in [1.29, 1.82) is 0 Å². The fourth-order valence-corrected chi connectivity index (χ4v) is 3.03. The maximum Gasteiger partial charge on any atom is 0.417 e. The molecule has 8 heteroatoms. The summed E-state index contributed by atoms with van der Waals surface area (Å²) in [6.07, 6.45) is -0.942. The highest BCUT2D eigenvalue weighted by molar-refractivity contribution is 5.96. The molecule has 1 fully saturated rings. The maximum absolute atomic E-state index is 13.1. The van der Waals surface area contributed by atoms with Crippen molar-refractivity contribution in [3.63, 3.8) is 0 Å². The van der Waals surface area contributed by atoms with Gasteiger partial charge in [0.25, 0.3) is 5.91 Å². The lowest BCUT2D eigenvalue weighted by Crippen LogP contribution is -2.49. The van der Waals surface area contributed by atoms with E-state index < -0.39 is 17.6 Å². The van der Waals surface area contributed by atoms with E-state index in [0.717, 1.165) is 18.6 Å². The highest BCUT2D eigenvalue weighted by Gasteiger charge is 2.36. The first-order chi connectivity index (χ1) is 11.9. The summed E-state index contributed by atoms with van der Waals surface area (Å²) < 4.78 is 41.3. The molecule has 134 valence electrons. The van der Waals surface area contributed by atoms with Crippen molar-refractivity contribution < 1.29 is 18.0 Å². The van der Waals surface area contributed by atoms with Crippen molar-refractivity contribution in [3.05, 3.63) is 47.8 Å². The second kappa shape index (κ2) is 6.78. The lowest BCUT2D eigenvalue weighted by molar-refractivity contribution is -0.138. The van der Waals surface area contributed by atoms with Gasteiger partial charge in [-0.3, -0.25) is 4.79 Å². The van der Waals surface area contributed by atoms with Crippen LogP contribution in [0, 0.1) is 0 Å². The third-order valence-electron chi connectivity index (χ3n) is 4.35. The molecule has 1 aliphatic rings. The molecule has 1 aromatic carbocycles. The van der Waals surface area contributed by atoms with Crippen molar-refractivity contribution in [1.82, 2.24) is 14.5 Å². The molecule has 0 unspecified atom stereocenters. The van der Waals surface area contributed by atoms with E-state index >= 15 is 0 Å². The van der Waals surface area contributed by atoms with Crippen LogP contribution in [-0.4, -0.2) is 46.5 Å². The van der Waals surface area contributed by atoms with E-state index in [1.807, 2.05) is 22.6 Å². The van der Waals surface area contributed by atoms with Crippen LogP contribution < -0.4 is 4.90 Å². The number of nitrogens with zero attached hydrogens (tertiary/aromatic N) is 4. The fourth-order valence-electron chi connectivity index (χ4n) is 3.03. The molecule has 1 saturated heterocycles. The lowest BCUT2D eigenvalue weighted by atomic mass is 10.1. The molecule has 0 N–H and O–H groups in total. The summed E-state index contributed by atoms with van der Waals surface area (Å²) in [6, 6.07) is 4.93. The largest absolute Gasteiger partial charge is 0.417 e. The summed E-state index contributed by atoms with van der Waals surface area (Å²) in [5, 5.41) is 0. The summed E-state index contributed by atoms with van der Waals surface area (Å²) >= 11 is 0. The second-order valence-electron chi connectivity index (χ2n) is 5.84. The van der Waals surface area contributed by atoms with E-state index in [1.165, 1.54) is 23.1 Å². The number of imidazole rings is 1. The summed E-state index contributed by atoms with van der Waals surface area (Å²) in [5.74, 6) is 0.247. The number of alkyl halides is 3. The zero-order chi connectivity index (χ0) is 18.0. The van der Waals surface area contributed by atoms with Gasteiger partial charge >= 0.3 is 6.18 Å². The highest BCUT2D eigenvalue weighted by Crippen LogP contribution is 2.32. The third-order valence-corrected chi connectivity index (χ3v) is 4.35. The second-order valence-corrected chi connectivity index (χ2v) is 5.84. The van der Waals surface area contributed by atoms with Crippen LogP contribution in [0.5, 0.6) is 0 Å². The number of hydrogen-bond donors (Lipinski definition) is 0. The molecular formula is C17H19F3N4O. The summed E-state index contributed by atoms with van der Waals surface area (Å²) in [7, 11) is 0. The molecule has 5 nitrogen and oxygen atoms in total. The van der Waals surface area contributed by atoms with Crippen LogP contribution in [0.15, 0.2) is 36.7 Å². The standard InChI is InChI=1S/C17H19F3N4O/c1-2-22-8-7-21-16(22)24-11-9-23(10-12-24)15(25)13-5-3-4-6-14(13)17(18,19)20/h3-8H,2,9-12H2,1H3. The summed E-state index contributed by atoms with van der Waals surface area (Å²) in [4.78, 5) is 20.4. The topological polar surface area (TPSA) is 41.4 Å². The minimum atomic E-state index is -4.54. The Morgan fingerprint density at radius 1 is 1.16 bits per heavy atom. The van der Waals surface area contributed by atoms with E-state index in [-0.39, 0.29) is 5.56 Å². The van der Waals surface area contributed by atoms with Gasteiger partial charge in [0, 0.05) is 45.1 Å². The zero-order valence-corrected chi connectivity index (χ0v) is 13.8. The van der Waals surface area contributed by atoms with Crippen LogP contribution in [0.3, 0.4) is 0 Å². The Kier molecular flexibility index (Phi) is 4.69. The fraction of sp³-hybridized carbons (Fsp3) is 0.412. The molecule has 0 saturated carbocycles. The van der Waals surface area contributed by atoms with E-state index in [9.17, 15) is 18.0 Å². The molecule has 25 heavy (non-hydrogen) atoms. The number of anilines is 1. The van der Waals surface area contributed by atoms with Gasteiger partial charge in [-0.2, -0.15) is 13.2 Å². The van der Waals surface area contributed by atoms with E-state index in [1.54, 1.807) is 6.20 Å². The van der Waals surface area contributed by atoms with Gasteiger partial charge in [-0.15, -0.1) is 0 Å². The quantitative estimate of drug-likeness (QED) is 0.853. The van der Waals surface area contributed by atoms with Gasteiger partial charge < -0.3 is 14.4 Å². The molecular weight excluding hydrogens is 333 g/mol. The Labute approximate surface area is 143 Å². The van der Waals surface area contributed by atoms with Crippen molar-refractivity contribution >= 4 is 11.9 Å². The molecule has 0 atom stereocenters. The minimum Gasteiger partial charge on any atom is -0.339 e. The number of hydrogen-bond acceptors (Lipinski definition) is 3. The number of carbonyl (C=O) groups excluding carboxylic acids is 1. The van der Waals surface area contributed by atoms with Gasteiger partial charge in [-0.1, -0.05) is 12.1 Å². The first kappa shape index (κ1) is 17.3. The van der Waals surface area contributed by atoms with Crippen LogP contribution in [-0.2, 0) is 12.7 Å². The molecule has 2 heterocycles. The Bertz CT molecular complexity index is 748. The SMILES string of the molecule is CCn1ccnc1N1CCN(C(=O)c2ccccc2C(F)(F)F)CC1. The first-order valence-corrected chi connectivity index (χ1v) is 8.13. The average molecular weight is 352 g/mol. The van der Waals surface area contributed by atoms with Crippen LogP contribution >= 0.6 is 0 Å². The Morgan fingerprint density at radius 3 is 2.48 bits per heavy atom. The molecule has 1 amide bonds. The predicted octanol–water partition coefficient (Wildman–Crippen LogP) is 2.88. The van der Waals surface area contributed by atoms with Crippen molar-refractivity contribution in [2.45, 2.75) is 19.6 Å². The van der Waals surface area contributed by atoms with Gasteiger partial charge in [-0.25, -0.2) is 4.98 Å². The summed E-state index contributed by atoms with van der Waals surface area (Å²) in [5.41, 5.74) is -1.18. The van der Waals surface area contributed by atoms with Gasteiger partial charge in [0.05, 0.1) is 11.1 Å². The number of piperazine rings is 1. The maximum atomic E-state index is 13.1. The number of rotatable bonds is 3. The van der Waals surface area contributed by atoms with Crippen LogP contribution in [0.4, 0.5) is 19.1 Å². The number of amides is 1. The van der Waals surface area contributed by atoms with Crippen LogP contribution in [0.25, 0.3) is 0 Å². The van der Waals surface area contributed by atoms with Crippen LogP contribution in [0.2, 0.25) is 0 Å². The van der Waals surface area contributed by atoms with Crippen LogP contribution in [0.1, 0.15) is 22.8 Å². The number of carbonyl (C=O) groups is 1. The smallest absolute Gasteiger partial charge is 0.339 e. The van der Waals surface area contributed by atoms with Gasteiger partial charge in [0.2, 0.25) is 5.95 Å². The molecule has 2 aromatic rings. The van der Waals surface area contributed by atoms with E-state index in [0.29, 0.717) is 26.2 Å². The van der Waals surface area contributed by atoms with Crippen molar-refractivity contribution in [2.24, 2.45) is 0 Å². The Balaban J connectivity index is 1.73. The first-order valence-electron chi connectivity index (χ1n) is 8.13. The molecule has 1 aliphatic heterocycles.